The first-order valence-corrected chi connectivity index (χ1v) is 10.1. The molecule has 0 saturated carbocycles. The van der Waals surface area contributed by atoms with Gasteiger partial charge in [-0.15, -0.1) is 10.2 Å². The van der Waals surface area contributed by atoms with Crippen molar-refractivity contribution in [2.75, 3.05) is 11.9 Å². The molecule has 0 unspecified atom stereocenters. The number of nitrogens with zero attached hydrogens (tertiary/aromatic N) is 8. The fourth-order valence-corrected chi connectivity index (χ4v) is 3.80. The highest BCUT2D eigenvalue weighted by atomic mass is 16.6. The van der Waals surface area contributed by atoms with Crippen molar-refractivity contribution >= 4 is 17.2 Å². The van der Waals surface area contributed by atoms with E-state index >= 15 is 0 Å². The number of hydrogen-bond donors (Lipinski definition) is 1. The summed E-state index contributed by atoms with van der Waals surface area (Å²) in [6.07, 6.45) is 1.23. The van der Waals surface area contributed by atoms with Crippen LogP contribution in [0.2, 0.25) is 0 Å². The van der Waals surface area contributed by atoms with E-state index in [4.69, 9.17) is 0 Å². The zero-order valence-electron chi connectivity index (χ0n) is 17.9. The van der Waals surface area contributed by atoms with Gasteiger partial charge in [-0.1, -0.05) is 48.5 Å². The standard InChI is InChI=1S/C22H19N9O2/c1-14-11-20(30-22(24-14)19(12-23-30)31(32)33)29(2)13-15-7-9-16(10-8-15)17-5-3-4-6-18(17)21-25-27-28-26-21/h3-12H,13H2,1-2H3,(H,25,26,27,28). The van der Waals surface area contributed by atoms with Crippen molar-refractivity contribution in [1.29, 1.82) is 0 Å². The van der Waals surface area contributed by atoms with Gasteiger partial charge >= 0.3 is 5.69 Å². The van der Waals surface area contributed by atoms with Gasteiger partial charge in [0.25, 0.3) is 0 Å². The summed E-state index contributed by atoms with van der Waals surface area (Å²) in [5.74, 6) is 1.26. The number of rotatable bonds is 6. The summed E-state index contributed by atoms with van der Waals surface area (Å²) >= 11 is 0. The number of nitrogens with one attached hydrogen (secondary N) is 1. The van der Waals surface area contributed by atoms with Gasteiger partial charge < -0.3 is 4.90 Å². The lowest BCUT2D eigenvalue weighted by Crippen LogP contribution is -2.20. The van der Waals surface area contributed by atoms with Crippen LogP contribution in [-0.4, -0.2) is 47.2 Å². The summed E-state index contributed by atoms with van der Waals surface area (Å²) in [6, 6.07) is 18.0. The quantitative estimate of drug-likeness (QED) is 0.313. The van der Waals surface area contributed by atoms with Crippen molar-refractivity contribution in [3.8, 4) is 22.5 Å². The third kappa shape index (κ3) is 3.76. The number of hydrogen-bond acceptors (Lipinski definition) is 8. The summed E-state index contributed by atoms with van der Waals surface area (Å²) in [5.41, 5.74) is 4.81. The lowest BCUT2D eigenvalue weighted by Gasteiger charge is -2.20. The molecule has 11 heteroatoms. The van der Waals surface area contributed by atoms with E-state index in [-0.39, 0.29) is 11.3 Å². The molecule has 0 spiro atoms. The van der Waals surface area contributed by atoms with Gasteiger partial charge in [0, 0.05) is 30.9 Å². The molecule has 0 atom stereocenters. The molecule has 5 aromatic rings. The van der Waals surface area contributed by atoms with Crippen LogP contribution in [0.3, 0.4) is 0 Å². The largest absolute Gasteiger partial charge is 0.355 e. The fraction of sp³-hybridized carbons (Fsp3) is 0.136. The molecule has 11 nitrogen and oxygen atoms in total. The predicted octanol–water partition coefficient (Wildman–Crippen LogP) is 3.43. The molecule has 0 aliphatic heterocycles. The van der Waals surface area contributed by atoms with E-state index in [1.54, 1.807) is 0 Å². The van der Waals surface area contributed by atoms with E-state index in [1.807, 2.05) is 61.3 Å². The zero-order chi connectivity index (χ0) is 22.9. The van der Waals surface area contributed by atoms with Crippen LogP contribution in [0.25, 0.3) is 28.2 Å². The highest BCUT2D eigenvalue weighted by Crippen LogP contribution is 2.30. The first-order chi connectivity index (χ1) is 16.0. The van der Waals surface area contributed by atoms with Crippen LogP contribution in [0.15, 0.2) is 60.8 Å². The number of aryl methyl sites for hydroxylation is 1. The van der Waals surface area contributed by atoms with E-state index in [2.05, 4.69) is 42.8 Å². The summed E-state index contributed by atoms with van der Waals surface area (Å²) in [7, 11) is 1.92. The number of H-pyrrole nitrogens is 1. The molecule has 0 aliphatic rings. The predicted molar refractivity (Wildman–Crippen MR) is 122 cm³/mol. The molecule has 3 aromatic heterocycles. The second-order valence-electron chi connectivity index (χ2n) is 7.61. The smallest absolute Gasteiger partial charge is 0.333 e. The van der Waals surface area contributed by atoms with Gasteiger partial charge in [-0.3, -0.25) is 10.1 Å². The van der Waals surface area contributed by atoms with Crippen molar-refractivity contribution in [2.45, 2.75) is 13.5 Å². The summed E-state index contributed by atoms with van der Waals surface area (Å²) < 4.78 is 1.50. The number of aromatic nitrogens is 7. The van der Waals surface area contributed by atoms with Gasteiger partial charge in [-0.05, 0) is 28.8 Å². The van der Waals surface area contributed by atoms with Crippen LogP contribution in [0.5, 0.6) is 0 Å². The first-order valence-electron chi connectivity index (χ1n) is 10.1. The van der Waals surface area contributed by atoms with Crippen LogP contribution in [-0.2, 0) is 6.54 Å². The molecule has 5 rings (SSSR count). The van der Waals surface area contributed by atoms with Gasteiger partial charge in [-0.25, -0.2) is 4.98 Å². The van der Waals surface area contributed by atoms with Crippen LogP contribution in [0.4, 0.5) is 11.5 Å². The number of nitro groups is 1. The second-order valence-corrected chi connectivity index (χ2v) is 7.61. The van der Waals surface area contributed by atoms with Crippen molar-refractivity contribution in [2.24, 2.45) is 0 Å². The molecule has 0 amide bonds. The Labute approximate surface area is 187 Å². The Morgan fingerprint density at radius 1 is 1.12 bits per heavy atom. The molecule has 0 bridgehead atoms. The normalized spacial score (nSPS) is 11.1. The maximum atomic E-state index is 11.3. The van der Waals surface area contributed by atoms with Crippen LogP contribution in [0.1, 0.15) is 11.3 Å². The topological polar surface area (TPSA) is 131 Å². The third-order valence-electron chi connectivity index (χ3n) is 5.35. The van der Waals surface area contributed by atoms with Crippen LogP contribution >= 0.6 is 0 Å². The molecule has 164 valence electrons. The van der Waals surface area contributed by atoms with E-state index < -0.39 is 4.92 Å². The first kappa shape index (κ1) is 20.2. The minimum atomic E-state index is -0.469. The average molecular weight is 441 g/mol. The number of tetrazole rings is 1. The summed E-state index contributed by atoms with van der Waals surface area (Å²) in [4.78, 5) is 17.1. The molecule has 3 heterocycles. The maximum absolute atomic E-state index is 11.3. The highest BCUT2D eigenvalue weighted by molar-refractivity contribution is 5.80. The van der Waals surface area contributed by atoms with Crippen molar-refractivity contribution in [1.82, 2.24) is 35.2 Å². The monoisotopic (exact) mass is 441 g/mol. The van der Waals surface area contributed by atoms with Crippen LogP contribution < -0.4 is 4.90 Å². The van der Waals surface area contributed by atoms with Gasteiger partial charge in [0.05, 0.1) is 4.92 Å². The Bertz CT molecular complexity index is 1440. The highest BCUT2D eigenvalue weighted by Gasteiger charge is 2.20. The Morgan fingerprint density at radius 3 is 2.58 bits per heavy atom. The van der Waals surface area contributed by atoms with Gasteiger partial charge in [0.15, 0.2) is 0 Å². The molecular weight excluding hydrogens is 422 g/mol. The SMILES string of the molecule is Cc1cc(N(C)Cc2ccc(-c3ccccc3-c3nn[nH]n3)cc2)n2ncc([N+](=O)[O-])c2n1. The number of aromatic amines is 1. The van der Waals surface area contributed by atoms with Crippen molar-refractivity contribution in [3.63, 3.8) is 0 Å². The molecule has 2 aromatic carbocycles. The van der Waals surface area contributed by atoms with Crippen molar-refractivity contribution < 1.29 is 4.92 Å². The minimum Gasteiger partial charge on any atom is -0.355 e. The number of benzene rings is 2. The molecule has 1 N–H and O–H groups in total. The lowest BCUT2D eigenvalue weighted by molar-refractivity contribution is -0.383. The Hall–Kier alpha value is -4.67. The van der Waals surface area contributed by atoms with E-state index in [9.17, 15) is 10.1 Å². The molecule has 0 saturated heterocycles. The minimum absolute atomic E-state index is 0.113. The van der Waals surface area contributed by atoms with Crippen molar-refractivity contribution in [3.05, 3.63) is 82.2 Å². The molecule has 0 radical (unpaired) electrons. The van der Waals surface area contributed by atoms with Gasteiger partial charge in [-0.2, -0.15) is 14.8 Å². The van der Waals surface area contributed by atoms with Crippen LogP contribution in [0, 0.1) is 17.0 Å². The van der Waals surface area contributed by atoms with Gasteiger partial charge in [0.2, 0.25) is 11.5 Å². The molecule has 33 heavy (non-hydrogen) atoms. The number of fused-ring (bicyclic) bond motifs is 1. The molecule has 0 fully saturated rings. The lowest BCUT2D eigenvalue weighted by atomic mass is 9.98. The Balaban J connectivity index is 1.43. The summed E-state index contributed by atoms with van der Waals surface area (Å²) in [6.45, 7) is 2.39. The Kier molecular flexibility index (Phi) is 4.98. The Morgan fingerprint density at radius 2 is 1.88 bits per heavy atom. The van der Waals surface area contributed by atoms with E-state index in [1.165, 1.54) is 10.7 Å². The average Bonchev–Trinajstić information content (AvgIpc) is 3.49. The fourth-order valence-electron chi connectivity index (χ4n) is 3.80. The van der Waals surface area contributed by atoms with E-state index in [0.717, 1.165) is 28.1 Å². The molecular formula is C22H19N9O2. The van der Waals surface area contributed by atoms with E-state index in [0.29, 0.717) is 18.1 Å². The number of anilines is 1. The zero-order valence-corrected chi connectivity index (χ0v) is 17.9. The third-order valence-corrected chi connectivity index (χ3v) is 5.35. The maximum Gasteiger partial charge on any atom is 0.333 e. The second kappa shape index (κ2) is 8.11. The van der Waals surface area contributed by atoms with Gasteiger partial charge in [0.1, 0.15) is 12.0 Å². The summed E-state index contributed by atoms with van der Waals surface area (Å²) in [5, 5.41) is 29.8. The molecule has 0 aliphatic carbocycles.